The zero-order chi connectivity index (χ0) is 34.1. The van der Waals surface area contributed by atoms with Crippen LogP contribution in [0.15, 0.2) is 12.7 Å². The highest BCUT2D eigenvalue weighted by molar-refractivity contribution is 8.08. The van der Waals surface area contributed by atoms with Crippen LogP contribution in [-0.4, -0.2) is 108 Å². The number of carbonyl (C=O) groups excluding carboxylic acids is 2. The Bertz CT molecular complexity index is 1520. The molecule has 0 aliphatic carbocycles. The van der Waals surface area contributed by atoms with E-state index in [2.05, 4.69) is 15.0 Å². The van der Waals surface area contributed by atoms with Gasteiger partial charge in [-0.15, -0.1) is 0 Å². The van der Waals surface area contributed by atoms with E-state index in [9.17, 15) is 38.5 Å². The lowest BCUT2D eigenvalue weighted by Gasteiger charge is -2.44. The number of hydrogen-bond donors (Lipinski definition) is 5. The van der Waals surface area contributed by atoms with Gasteiger partial charge in [0, 0.05) is 19.8 Å². The summed E-state index contributed by atoms with van der Waals surface area (Å²) in [6.45, 7) is -0.830. The Morgan fingerprint density at radius 1 is 1.13 bits per heavy atom. The number of aliphatic hydroxyl groups excluding tert-OH is 2. The number of ether oxygens (including phenoxy) is 4. The van der Waals surface area contributed by atoms with Crippen LogP contribution in [0.5, 0.6) is 0 Å². The monoisotopic (exact) mass is 717 g/mol. The molecule has 0 spiro atoms. The number of aliphatic hydroxyl groups is 2. The predicted molar refractivity (Wildman–Crippen MR) is 154 cm³/mol. The van der Waals surface area contributed by atoms with Gasteiger partial charge < -0.3 is 49.2 Å². The number of nitrogen functional groups attached to an aromatic ring is 1. The molecule has 0 saturated carbocycles. The van der Waals surface area contributed by atoms with E-state index in [1.54, 1.807) is 13.8 Å². The molecular formula is C23H34FN5O14P2S. The molecule has 2 aromatic rings. The first-order valence-corrected chi connectivity index (χ1v) is 17.7. The Hall–Kier alpha value is -2.26. The van der Waals surface area contributed by atoms with Crippen molar-refractivity contribution in [3.8, 4) is 0 Å². The molecular weight excluding hydrogens is 683 g/mol. The molecule has 2 aliphatic heterocycles. The largest absolute Gasteiger partial charge is 0.481 e. The maximum absolute atomic E-state index is 15.0. The Kier molecular flexibility index (Phi) is 11.5. The highest BCUT2D eigenvalue weighted by Gasteiger charge is 2.51. The lowest BCUT2D eigenvalue weighted by Crippen LogP contribution is -2.55. The van der Waals surface area contributed by atoms with Gasteiger partial charge in [0.15, 0.2) is 30.0 Å². The molecule has 0 radical (unpaired) electrons. The maximum Gasteiger partial charge on any atom is 0.481 e. The number of imidazole rings is 1. The minimum atomic E-state index is -5.41. The molecule has 6 N–H and O–H groups in total. The van der Waals surface area contributed by atoms with Crippen LogP contribution in [0.2, 0.25) is 0 Å². The summed E-state index contributed by atoms with van der Waals surface area (Å²) in [5, 5.41) is 21.2. The smallest absolute Gasteiger partial charge is 0.463 e. The van der Waals surface area contributed by atoms with Crippen LogP contribution >= 0.6 is 14.5 Å². The average molecular weight is 718 g/mol. The van der Waals surface area contributed by atoms with Gasteiger partial charge in [-0.2, -0.15) is 0 Å². The third kappa shape index (κ3) is 8.41. The number of phosphoric acid groups is 1. The molecule has 2 aromatic heterocycles. The van der Waals surface area contributed by atoms with Gasteiger partial charge >= 0.3 is 26.5 Å². The molecule has 0 bridgehead atoms. The quantitative estimate of drug-likeness (QED) is 0.145. The molecule has 2 fully saturated rings. The number of phosphoric ester groups is 1. The molecule has 0 aromatic carbocycles. The topological polar surface area (TPSA) is 266 Å². The molecule has 23 heteroatoms. The van der Waals surface area contributed by atoms with Crippen LogP contribution < -0.4 is 5.73 Å². The summed E-state index contributed by atoms with van der Waals surface area (Å²) in [4.78, 5) is 55.9. The van der Waals surface area contributed by atoms with Crippen molar-refractivity contribution in [1.29, 1.82) is 0 Å². The number of rotatable bonds is 12. The third-order valence-corrected chi connectivity index (χ3v) is 10.9. The van der Waals surface area contributed by atoms with Crippen molar-refractivity contribution in [1.82, 2.24) is 19.5 Å². The van der Waals surface area contributed by atoms with E-state index in [-0.39, 0.29) is 17.0 Å². The van der Waals surface area contributed by atoms with Crippen LogP contribution in [0.25, 0.3) is 11.2 Å². The fraction of sp³-hybridized carbons (Fsp3) is 0.696. The van der Waals surface area contributed by atoms with Crippen molar-refractivity contribution in [2.45, 2.75) is 76.9 Å². The summed E-state index contributed by atoms with van der Waals surface area (Å²) < 4.78 is 65.3. The molecule has 4 heterocycles. The van der Waals surface area contributed by atoms with Gasteiger partial charge in [-0.05, 0) is 17.7 Å². The number of nitrogens with two attached hydrogens (primary N) is 1. The van der Waals surface area contributed by atoms with Gasteiger partial charge in [-0.3, -0.25) is 18.7 Å². The number of hydrogen-bond acceptors (Lipinski definition) is 17. The van der Waals surface area contributed by atoms with Gasteiger partial charge in [0.1, 0.15) is 36.8 Å². The van der Waals surface area contributed by atoms with Crippen LogP contribution in [0, 0.1) is 11.8 Å². The number of fused-ring (bicyclic) bond motifs is 1. The SMILES string of the molecule is CC(=O)OC[C@H](F)C1O[C@@H](OP(=O)(O)OP(O)(=S)OC[C@H]2O[C@@H](n3cnc4c(N)ncnc43)C(O)[C@H]2O)C(OC(C)=O)[C@@H](C)[C@@H]1C. The van der Waals surface area contributed by atoms with Gasteiger partial charge in [0.25, 0.3) is 0 Å². The minimum absolute atomic E-state index is 0.0641. The van der Waals surface area contributed by atoms with E-state index in [4.69, 9.17) is 49.8 Å². The first kappa shape index (κ1) is 36.6. The molecule has 258 valence electrons. The van der Waals surface area contributed by atoms with Gasteiger partial charge in [-0.25, -0.2) is 28.2 Å². The summed E-state index contributed by atoms with van der Waals surface area (Å²) in [6, 6.07) is 0. The van der Waals surface area contributed by atoms with E-state index in [0.29, 0.717) is 0 Å². The summed E-state index contributed by atoms with van der Waals surface area (Å²) >= 11 is 4.84. The first-order chi connectivity index (χ1) is 21.4. The summed E-state index contributed by atoms with van der Waals surface area (Å²) in [7, 11) is -5.41. The normalized spacial score (nSPS) is 33.2. The van der Waals surface area contributed by atoms with E-state index in [1.165, 1.54) is 10.9 Å². The molecule has 12 atom stereocenters. The third-order valence-electron chi connectivity index (χ3n) is 7.37. The van der Waals surface area contributed by atoms with Crippen molar-refractivity contribution in [2.24, 2.45) is 11.8 Å². The van der Waals surface area contributed by atoms with Gasteiger partial charge in [0.2, 0.25) is 6.29 Å². The van der Waals surface area contributed by atoms with Gasteiger partial charge in [0.05, 0.1) is 19.0 Å². The van der Waals surface area contributed by atoms with Crippen LogP contribution in [0.3, 0.4) is 0 Å². The van der Waals surface area contributed by atoms with E-state index in [1.807, 2.05) is 0 Å². The molecule has 4 rings (SSSR count). The molecule has 2 aliphatic rings. The lowest BCUT2D eigenvalue weighted by atomic mass is 9.82. The Balaban J connectivity index is 1.42. The van der Waals surface area contributed by atoms with Crippen LogP contribution in [0.4, 0.5) is 10.2 Å². The first-order valence-electron chi connectivity index (χ1n) is 13.7. The van der Waals surface area contributed by atoms with Crippen molar-refractivity contribution in [3.63, 3.8) is 0 Å². The van der Waals surface area contributed by atoms with Crippen molar-refractivity contribution in [2.75, 3.05) is 18.9 Å². The van der Waals surface area contributed by atoms with Crippen LogP contribution in [0.1, 0.15) is 33.9 Å². The van der Waals surface area contributed by atoms with Crippen molar-refractivity contribution in [3.05, 3.63) is 12.7 Å². The minimum Gasteiger partial charge on any atom is -0.463 e. The number of anilines is 1. The standard InChI is InChI=1S/C23H34FN5O14P2S/c1-9-10(2)19(39-12(4)31)23(41-18(9)13(24)5-37-11(3)30)42-44(34,35)43-45(36,46)38-6-14-16(32)17(33)22(40-14)29-8-28-15-20(25)26-7-27-21(15)29/h7-10,13-14,16-19,22-23,32-33H,5-6H2,1-4H3,(H,34,35)(H,36,46)(H2,25,26,27)/t9-,10-,13-,14+,16-,17?,18?,19?,22+,23-,45?/m0/s1. The number of nitrogens with zero attached hydrogens (tertiary/aromatic N) is 4. The predicted octanol–water partition coefficient (Wildman–Crippen LogP) is 0.225. The number of alkyl halides is 1. The summed E-state index contributed by atoms with van der Waals surface area (Å²) in [5.41, 5.74) is 6.18. The van der Waals surface area contributed by atoms with E-state index >= 15 is 0 Å². The van der Waals surface area contributed by atoms with E-state index < -0.39 is 101 Å². The van der Waals surface area contributed by atoms with Crippen LogP contribution in [-0.2, 0) is 58.3 Å². The summed E-state index contributed by atoms with van der Waals surface area (Å²) in [6.07, 6.45) is -9.82. The number of carbonyl (C=O) groups is 2. The van der Waals surface area contributed by atoms with E-state index in [0.717, 1.165) is 20.2 Å². The Labute approximate surface area is 265 Å². The molecule has 5 unspecified atom stereocenters. The Morgan fingerprint density at radius 2 is 1.83 bits per heavy atom. The number of halogens is 1. The second kappa shape index (κ2) is 14.5. The molecule has 2 saturated heterocycles. The summed E-state index contributed by atoms with van der Waals surface area (Å²) in [5.74, 6) is -2.87. The molecule has 46 heavy (non-hydrogen) atoms. The zero-order valence-corrected chi connectivity index (χ0v) is 27.4. The fourth-order valence-electron chi connectivity index (χ4n) is 4.97. The molecule has 19 nitrogen and oxygen atoms in total. The highest BCUT2D eigenvalue weighted by Crippen LogP contribution is 2.62. The Morgan fingerprint density at radius 3 is 2.48 bits per heavy atom. The second-order valence-corrected chi connectivity index (χ2v) is 15.0. The van der Waals surface area contributed by atoms with Gasteiger partial charge in [-0.1, -0.05) is 13.8 Å². The second-order valence-electron chi connectivity index (χ2n) is 10.6. The molecule has 0 amide bonds. The number of aromatic nitrogens is 4. The fourth-order valence-corrected chi connectivity index (χ4v) is 8.07. The number of esters is 2. The average Bonchev–Trinajstić information content (AvgIpc) is 3.50. The highest BCUT2D eigenvalue weighted by atomic mass is 32.5. The zero-order valence-electron chi connectivity index (χ0n) is 24.8. The van der Waals surface area contributed by atoms with Crippen molar-refractivity contribution < 1.29 is 70.8 Å². The lowest BCUT2D eigenvalue weighted by molar-refractivity contribution is -0.262. The van der Waals surface area contributed by atoms with Crippen molar-refractivity contribution >= 4 is 55.3 Å². The maximum atomic E-state index is 15.0.